The fourth-order valence-electron chi connectivity index (χ4n) is 1.50. The van der Waals surface area contributed by atoms with E-state index in [0.29, 0.717) is 5.75 Å². The quantitative estimate of drug-likeness (QED) is 0.503. The number of hydrogen-bond acceptors (Lipinski definition) is 5. The monoisotopic (exact) mass is 260 g/mol. The average molecular weight is 260 g/mol. The van der Waals surface area contributed by atoms with Crippen LogP contribution in [0, 0.1) is 0 Å². The van der Waals surface area contributed by atoms with Crippen molar-refractivity contribution in [1.82, 2.24) is 0 Å². The first-order valence-corrected chi connectivity index (χ1v) is 5.49. The zero-order chi connectivity index (χ0) is 13.8. The lowest BCUT2D eigenvalue weighted by atomic mass is 10.2. The Labute approximate surface area is 109 Å². The molecule has 0 aliphatic carbocycles. The first kappa shape index (κ1) is 12.8. The van der Waals surface area contributed by atoms with Crippen molar-refractivity contribution in [1.29, 1.82) is 0 Å². The summed E-state index contributed by atoms with van der Waals surface area (Å²) in [6.45, 7) is 0. The summed E-state index contributed by atoms with van der Waals surface area (Å²) in [5, 5.41) is 18.8. The van der Waals surface area contributed by atoms with E-state index < -0.39 is 11.7 Å². The SMILES string of the molecule is COc1cccc(C(=O)Oc2cccc(O)c2O)c1. The summed E-state index contributed by atoms with van der Waals surface area (Å²) >= 11 is 0. The van der Waals surface area contributed by atoms with Gasteiger partial charge in [0.25, 0.3) is 0 Å². The summed E-state index contributed by atoms with van der Waals surface area (Å²) in [7, 11) is 1.49. The molecule has 2 N–H and O–H groups in total. The van der Waals surface area contributed by atoms with E-state index in [9.17, 15) is 15.0 Å². The molecule has 2 aromatic rings. The van der Waals surface area contributed by atoms with Crippen molar-refractivity contribution in [2.24, 2.45) is 0 Å². The molecule has 0 spiro atoms. The molecule has 0 heterocycles. The maximum atomic E-state index is 11.9. The van der Waals surface area contributed by atoms with Crippen LogP contribution >= 0.6 is 0 Å². The van der Waals surface area contributed by atoms with Crippen LogP contribution in [0.4, 0.5) is 0 Å². The maximum absolute atomic E-state index is 11.9. The van der Waals surface area contributed by atoms with Gasteiger partial charge in [-0.25, -0.2) is 4.79 Å². The molecule has 5 nitrogen and oxygen atoms in total. The molecule has 0 aliphatic heterocycles. The van der Waals surface area contributed by atoms with E-state index in [1.54, 1.807) is 18.2 Å². The number of phenolic OH excluding ortho intramolecular Hbond substituents is 2. The second-order valence-electron chi connectivity index (χ2n) is 3.75. The van der Waals surface area contributed by atoms with E-state index in [1.165, 1.54) is 31.4 Å². The van der Waals surface area contributed by atoms with Crippen molar-refractivity contribution in [3.8, 4) is 23.0 Å². The number of para-hydroxylation sites is 1. The van der Waals surface area contributed by atoms with Crippen LogP contribution in [0.2, 0.25) is 0 Å². The van der Waals surface area contributed by atoms with Crippen LogP contribution in [-0.4, -0.2) is 23.3 Å². The topological polar surface area (TPSA) is 76.0 Å². The zero-order valence-electron chi connectivity index (χ0n) is 10.2. The number of aromatic hydroxyl groups is 2. The minimum Gasteiger partial charge on any atom is -0.504 e. The van der Waals surface area contributed by atoms with Crippen molar-refractivity contribution < 1.29 is 24.5 Å². The van der Waals surface area contributed by atoms with Crippen molar-refractivity contribution >= 4 is 5.97 Å². The molecule has 0 aliphatic rings. The number of rotatable bonds is 3. The molecular weight excluding hydrogens is 248 g/mol. The van der Waals surface area contributed by atoms with Gasteiger partial charge >= 0.3 is 5.97 Å². The number of hydrogen-bond donors (Lipinski definition) is 2. The molecule has 0 aromatic heterocycles. The lowest BCUT2D eigenvalue weighted by molar-refractivity contribution is 0.0729. The van der Waals surface area contributed by atoms with Gasteiger partial charge in [0.2, 0.25) is 5.75 Å². The standard InChI is InChI=1S/C14H12O5/c1-18-10-5-2-4-9(8-10)14(17)19-12-7-3-6-11(15)13(12)16/h2-8,15-16H,1H3. The van der Waals surface area contributed by atoms with Crippen LogP contribution in [0.5, 0.6) is 23.0 Å². The lowest BCUT2D eigenvalue weighted by Crippen LogP contribution is -2.08. The molecule has 98 valence electrons. The number of ether oxygens (including phenoxy) is 2. The largest absolute Gasteiger partial charge is 0.504 e. The normalized spacial score (nSPS) is 9.95. The predicted molar refractivity (Wildman–Crippen MR) is 67.7 cm³/mol. The molecular formula is C14H12O5. The third kappa shape index (κ3) is 2.77. The molecule has 0 saturated heterocycles. The Kier molecular flexibility index (Phi) is 3.56. The minimum absolute atomic E-state index is 0.104. The number of phenols is 2. The number of carbonyl (C=O) groups excluding carboxylic acids is 1. The maximum Gasteiger partial charge on any atom is 0.343 e. The molecule has 0 saturated carbocycles. The Morgan fingerprint density at radius 1 is 1.11 bits per heavy atom. The Hall–Kier alpha value is -2.69. The van der Waals surface area contributed by atoms with Gasteiger partial charge in [-0.3, -0.25) is 0 Å². The van der Waals surface area contributed by atoms with Crippen LogP contribution < -0.4 is 9.47 Å². The van der Waals surface area contributed by atoms with E-state index in [1.807, 2.05) is 0 Å². The highest BCUT2D eigenvalue weighted by Crippen LogP contribution is 2.34. The van der Waals surface area contributed by atoms with Crippen LogP contribution in [0.15, 0.2) is 42.5 Å². The third-order valence-electron chi connectivity index (χ3n) is 2.49. The van der Waals surface area contributed by atoms with E-state index in [-0.39, 0.29) is 17.1 Å². The van der Waals surface area contributed by atoms with Gasteiger partial charge in [-0.15, -0.1) is 0 Å². The van der Waals surface area contributed by atoms with Gasteiger partial charge in [0.1, 0.15) is 5.75 Å². The predicted octanol–water partition coefficient (Wildman–Crippen LogP) is 2.33. The summed E-state index contributed by atoms with van der Waals surface area (Å²) in [4.78, 5) is 11.9. The Balaban J connectivity index is 2.23. The first-order chi connectivity index (χ1) is 9.11. The van der Waals surface area contributed by atoms with Crippen molar-refractivity contribution in [3.05, 3.63) is 48.0 Å². The average Bonchev–Trinajstić information content (AvgIpc) is 2.44. The minimum atomic E-state index is -0.653. The molecule has 0 atom stereocenters. The highest BCUT2D eigenvalue weighted by Gasteiger charge is 2.14. The van der Waals surface area contributed by atoms with Crippen LogP contribution in [0.3, 0.4) is 0 Å². The number of methoxy groups -OCH3 is 1. The fraction of sp³-hybridized carbons (Fsp3) is 0.0714. The van der Waals surface area contributed by atoms with Crippen LogP contribution in [-0.2, 0) is 0 Å². The molecule has 0 radical (unpaired) electrons. The van der Waals surface area contributed by atoms with Crippen molar-refractivity contribution in [2.75, 3.05) is 7.11 Å². The first-order valence-electron chi connectivity index (χ1n) is 5.49. The number of carbonyl (C=O) groups is 1. The van der Waals surface area contributed by atoms with Crippen LogP contribution in [0.1, 0.15) is 10.4 Å². The Bertz CT molecular complexity index is 607. The van der Waals surface area contributed by atoms with Gasteiger partial charge in [0, 0.05) is 0 Å². The fourth-order valence-corrected chi connectivity index (χ4v) is 1.50. The lowest BCUT2D eigenvalue weighted by Gasteiger charge is -2.07. The molecule has 19 heavy (non-hydrogen) atoms. The Morgan fingerprint density at radius 3 is 2.58 bits per heavy atom. The van der Waals surface area contributed by atoms with Gasteiger partial charge in [-0.2, -0.15) is 0 Å². The molecule has 2 aromatic carbocycles. The smallest absolute Gasteiger partial charge is 0.343 e. The molecule has 2 rings (SSSR count). The number of benzene rings is 2. The van der Waals surface area contributed by atoms with Gasteiger partial charge < -0.3 is 19.7 Å². The molecule has 0 unspecified atom stereocenters. The summed E-state index contributed by atoms with van der Waals surface area (Å²) in [5.74, 6) is -1.06. The van der Waals surface area contributed by atoms with E-state index in [0.717, 1.165) is 0 Å². The van der Waals surface area contributed by atoms with E-state index in [2.05, 4.69) is 0 Å². The highest BCUT2D eigenvalue weighted by atomic mass is 16.5. The van der Waals surface area contributed by atoms with Gasteiger partial charge in [0.05, 0.1) is 12.7 Å². The van der Waals surface area contributed by atoms with E-state index >= 15 is 0 Å². The summed E-state index contributed by atoms with van der Waals surface area (Å²) in [6.07, 6.45) is 0. The van der Waals surface area contributed by atoms with Gasteiger partial charge in [0.15, 0.2) is 11.5 Å². The molecule has 0 fully saturated rings. The van der Waals surface area contributed by atoms with E-state index in [4.69, 9.17) is 9.47 Å². The number of esters is 1. The van der Waals surface area contributed by atoms with Gasteiger partial charge in [-0.05, 0) is 30.3 Å². The zero-order valence-corrected chi connectivity index (χ0v) is 10.2. The second-order valence-corrected chi connectivity index (χ2v) is 3.75. The van der Waals surface area contributed by atoms with Crippen LogP contribution in [0.25, 0.3) is 0 Å². The summed E-state index contributed by atoms with van der Waals surface area (Å²) in [6, 6.07) is 10.6. The van der Waals surface area contributed by atoms with Crippen molar-refractivity contribution in [3.63, 3.8) is 0 Å². The molecule has 0 bridgehead atoms. The summed E-state index contributed by atoms with van der Waals surface area (Å²) in [5.41, 5.74) is 0.280. The summed E-state index contributed by atoms with van der Waals surface area (Å²) < 4.78 is 10.0. The molecule has 5 heteroatoms. The highest BCUT2D eigenvalue weighted by molar-refractivity contribution is 5.91. The van der Waals surface area contributed by atoms with Crippen molar-refractivity contribution in [2.45, 2.75) is 0 Å². The third-order valence-corrected chi connectivity index (χ3v) is 2.49. The second kappa shape index (κ2) is 5.30. The van der Waals surface area contributed by atoms with Gasteiger partial charge in [-0.1, -0.05) is 12.1 Å². The molecule has 0 amide bonds. The Morgan fingerprint density at radius 2 is 1.84 bits per heavy atom.